The maximum absolute atomic E-state index is 11.3. The summed E-state index contributed by atoms with van der Waals surface area (Å²) in [5.41, 5.74) is 5.32. The van der Waals surface area contributed by atoms with E-state index in [1.165, 1.54) is 22.3 Å². The predicted octanol–water partition coefficient (Wildman–Crippen LogP) is 3.93. The molecule has 0 heterocycles. The highest BCUT2D eigenvalue weighted by molar-refractivity contribution is 6.20. The summed E-state index contributed by atoms with van der Waals surface area (Å²) >= 11 is 0. The molecule has 1 aromatic carbocycles. The van der Waals surface area contributed by atoms with Gasteiger partial charge in [-0.05, 0) is 40.0 Å². The third kappa shape index (κ3) is 3.49. The molecule has 0 saturated carbocycles. The lowest BCUT2D eigenvalue weighted by Crippen LogP contribution is -2.12. The Kier molecular flexibility index (Phi) is 5.40. The maximum atomic E-state index is 11.3. The van der Waals surface area contributed by atoms with Crippen LogP contribution in [0.2, 0.25) is 0 Å². The highest BCUT2D eigenvalue weighted by atomic mass is 16.1. The smallest absolute Gasteiger partial charge is 0.120 e. The van der Waals surface area contributed by atoms with Crippen LogP contribution in [0.4, 0.5) is 0 Å². The summed E-state index contributed by atoms with van der Waals surface area (Å²) in [7, 11) is 2.01. The number of rotatable bonds is 5. The number of hydrogen-bond donors (Lipinski definition) is 0. The number of carbonyl (C=O) groups excluding carboxylic acids is 1. The lowest BCUT2D eigenvalue weighted by atomic mass is 9.73. The highest BCUT2D eigenvalue weighted by Crippen LogP contribution is 2.34. The largest absolute Gasteiger partial charge is 0.304 e. The zero-order chi connectivity index (χ0) is 14.7. The van der Waals surface area contributed by atoms with Gasteiger partial charge in [-0.2, -0.15) is 0 Å². The SMILES string of the molecule is BC(C=O)c1c(C(C)C)cc(C(C)C)cc1C(C)C. The van der Waals surface area contributed by atoms with Crippen LogP contribution in [0.3, 0.4) is 0 Å². The summed E-state index contributed by atoms with van der Waals surface area (Å²) in [4.78, 5) is 11.3. The summed E-state index contributed by atoms with van der Waals surface area (Å²) in [5, 5.41) is 0. The number of aldehydes is 1. The molecule has 0 aliphatic heterocycles. The van der Waals surface area contributed by atoms with Crippen LogP contribution in [-0.4, -0.2) is 14.1 Å². The Morgan fingerprint density at radius 1 is 0.895 bits per heavy atom. The van der Waals surface area contributed by atoms with E-state index in [1.54, 1.807) is 0 Å². The first kappa shape index (κ1) is 16.0. The number of benzene rings is 1. The second kappa shape index (κ2) is 6.41. The highest BCUT2D eigenvalue weighted by Gasteiger charge is 2.20. The van der Waals surface area contributed by atoms with Crippen LogP contribution in [0.15, 0.2) is 12.1 Å². The Hall–Kier alpha value is -1.05. The fourth-order valence-electron chi connectivity index (χ4n) is 2.61. The van der Waals surface area contributed by atoms with Crippen LogP contribution in [0.1, 0.15) is 87.4 Å². The van der Waals surface area contributed by atoms with Crippen molar-refractivity contribution >= 4 is 14.1 Å². The van der Waals surface area contributed by atoms with Crippen molar-refractivity contribution in [3.8, 4) is 0 Å². The Morgan fingerprint density at radius 3 is 1.58 bits per heavy atom. The van der Waals surface area contributed by atoms with Crippen LogP contribution in [0, 0.1) is 0 Å². The van der Waals surface area contributed by atoms with Crippen molar-refractivity contribution in [3.05, 3.63) is 34.4 Å². The summed E-state index contributed by atoms with van der Waals surface area (Å²) in [6.45, 7) is 13.3. The monoisotopic (exact) mass is 258 g/mol. The van der Waals surface area contributed by atoms with Gasteiger partial charge in [0.25, 0.3) is 0 Å². The molecule has 0 amide bonds. The molecule has 0 fully saturated rings. The summed E-state index contributed by atoms with van der Waals surface area (Å²) in [5.74, 6) is 1.41. The molecule has 0 saturated heterocycles. The Labute approximate surface area is 119 Å². The average molecular weight is 258 g/mol. The fraction of sp³-hybridized carbons (Fsp3) is 0.588. The van der Waals surface area contributed by atoms with Crippen LogP contribution < -0.4 is 0 Å². The van der Waals surface area contributed by atoms with E-state index in [9.17, 15) is 4.79 Å². The fourth-order valence-corrected chi connectivity index (χ4v) is 2.61. The van der Waals surface area contributed by atoms with Gasteiger partial charge in [0.2, 0.25) is 0 Å². The second-order valence-electron chi connectivity index (χ2n) is 6.50. The summed E-state index contributed by atoms with van der Waals surface area (Å²) in [6, 6.07) is 4.60. The zero-order valence-electron chi connectivity index (χ0n) is 13.4. The molecule has 1 rings (SSSR count). The molecule has 19 heavy (non-hydrogen) atoms. The molecule has 0 aliphatic rings. The van der Waals surface area contributed by atoms with Crippen molar-refractivity contribution in [2.75, 3.05) is 0 Å². The van der Waals surface area contributed by atoms with Gasteiger partial charge in [0.15, 0.2) is 0 Å². The van der Waals surface area contributed by atoms with Gasteiger partial charge < -0.3 is 4.79 Å². The van der Waals surface area contributed by atoms with E-state index in [0.29, 0.717) is 17.8 Å². The lowest BCUT2D eigenvalue weighted by molar-refractivity contribution is -0.107. The standard InChI is InChI=1S/C17H27BO/c1-10(2)13-7-14(11(3)4)17(16(18)9-19)15(8-13)12(5)6/h7-12,16H,18H2,1-6H3. The summed E-state index contributed by atoms with van der Waals surface area (Å²) in [6.07, 6.45) is 1.07. The minimum atomic E-state index is -0.0176. The molecule has 0 N–H and O–H groups in total. The normalized spacial score (nSPS) is 13.3. The Morgan fingerprint density at radius 2 is 1.32 bits per heavy atom. The van der Waals surface area contributed by atoms with Crippen LogP contribution in [-0.2, 0) is 4.79 Å². The van der Waals surface area contributed by atoms with E-state index >= 15 is 0 Å². The Balaban J connectivity index is 3.60. The lowest BCUT2D eigenvalue weighted by Gasteiger charge is -2.24. The minimum absolute atomic E-state index is 0.0176. The van der Waals surface area contributed by atoms with E-state index < -0.39 is 0 Å². The van der Waals surface area contributed by atoms with Crippen LogP contribution in [0.25, 0.3) is 0 Å². The third-order valence-electron chi connectivity index (χ3n) is 3.84. The van der Waals surface area contributed by atoms with Gasteiger partial charge >= 0.3 is 0 Å². The van der Waals surface area contributed by atoms with Gasteiger partial charge in [-0.1, -0.05) is 53.7 Å². The van der Waals surface area contributed by atoms with Crippen molar-refractivity contribution in [1.82, 2.24) is 0 Å². The molecule has 1 atom stereocenters. The van der Waals surface area contributed by atoms with Crippen LogP contribution >= 0.6 is 0 Å². The molecule has 0 spiro atoms. The molecule has 104 valence electrons. The molecule has 1 unspecified atom stereocenters. The molecule has 1 aromatic rings. The molecular weight excluding hydrogens is 231 g/mol. The molecule has 0 bridgehead atoms. The molecule has 0 aliphatic carbocycles. The predicted molar refractivity (Wildman–Crippen MR) is 86.1 cm³/mol. The first-order valence-corrected chi connectivity index (χ1v) is 7.42. The molecular formula is C17H27BO. The first-order chi connectivity index (χ1) is 8.79. The molecule has 0 radical (unpaired) electrons. The van der Waals surface area contributed by atoms with Gasteiger partial charge in [-0.15, -0.1) is 0 Å². The van der Waals surface area contributed by atoms with E-state index in [1.807, 2.05) is 7.85 Å². The number of carbonyl (C=O) groups is 1. The van der Waals surface area contributed by atoms with Crippen LogP contribution in [0.5, 0.6) is 0 Å². The zero-order valence-corrected chi connectivity index (χ0v) is 13.4. The van der Waals surface area contributed by atoms with Gasteiger partial charge in [0.05, 0.1) is 0 Å². The molecule has 0 aromatic heterocycles. The third-order valence-corrected chi connectivity index (χ3v) is 3.84. The summed E-state index contributed by atoms with van der Waals surface area (Å²) < 4.78 is 0. The van der Waals surface area contributed by atoms with Crippen molar-refractivity contribution in [1.29, 1.82) is 0 Å². The Bertz CT molecular complexity index is 418. The number of hydrogen-bond acceptors (Lipinski definition) is 1. The van der Waals surface area contributed by atoms with Gasteiger partial charge in [0, 0.05) is 5.82 Å². The minimum Gasteiger partial charge on any atom is -0.304 e. The van der Waals surface area contributed by atoms with Gasteiger partial charge in [-0.25, -0.2) is 0 Å². The quantitative estimate of drug-likeness (QED) is 0.577. The van der Waals surface area contributed by atoms with Gasteiger partial charge in [-0.3, -0.25) is 0 Å². The van der Waals surface area contributed by atoms with Crippen molar-refractivity contribution in [2.45, 2.75) is 65.1 Å². The molecule has 1 nitrogen and oxygen atoms in total. The maximum Gasteiger partial charge on any atom is 0.120 e. The van der Waals surface area contributed by atoms with Crippen molar-refractivity contribution < 1.29 is 4.79 Å². The first-order valence-electron chi connectivity index (χ1n) is 7.42. The van der Waals surface area contributed by atoms with E-state index in [-0.39, 0.29) is 5.82 Å². The second-order valence-corrected chi connectivity index (χ2v) is 6.50. The van der Waals surface area contributed by atoms with Crippen molar-refractivity contribution in [2.24, 2.45) is 0 Å². The van der Waals surface area contributed by atoms with Crippen molar-refractivity contribution in [3.63, 3.8) is 0 Å². The van der Waals surface area contributed by atoms with E-state index in [0.717, 1.165) is 6.29 Å². The average Bonchev–Trinajstić information content (AvgIpc) is 2.35. The van der Waals surface area contributed by atoms with E-state index in [4.69, 9.17) is 0 Å². The topological polar surface area (TPSA) is 17.1 Å². The van der Waals surface area contributed by atoms with E-state index in [2.05, 4.69) is 53.7 Å². The molecule has 2 heteroatoms. The van der Waals surface area contributed by atoms with Gasteiger partial charge in [0.1, 0.15) is 14.1 Å².